The van der Waals surface area contributed by atoms with E-state index < -0.39 is 5.97 Å². The Kier molecular flexibility index (Phi) is 5.64. The second-order valence-corrected chi connectivity index (χ2v) is 7.46. The summed E-state index contributed by atoms with van der Waals surface area (Å²) in [6.45, 7) is 2.14. The highest BCUT2D eigenvalue weighted by molar-refractivity contribution is 8.04. The predicted molar refractivity (Wildman–Crippen MR) is 83.2 cm³/mol. The molecule has 4 heteroatoms. The molecule has 1 aliphatic carbocycles. The van der Waals surface area contributed by atoms with Crippen LogP contribution in [0.3, 0.4) is 0 Å². The fourth-order valence-corrected chi connectivity index (χ4v) is 5.17. The molecule has 0 aromatic heterocycles. The van der Waals surface area contributed by atoms with E-state index >= 15 is 0 Å². The van der Waals surface area contributed by atoms with Crippen molar-refractivity contribution >= 4 is 29.5 Å². The molecule has 1 aromatic rings. The molecule has 0 radical (unpaired) electrons. The molecule has 104 valence electrons. The number of benzene rings is 1. The van der Waals surface area contributed by atoms with E-state index in [0.717, 1.165) is 6.42 Å². The van der Waals surface area contributed by atoms with Crippen molar-refractivity contribution in [3.8, 4) is 0 Å². The van der Waals surface area contributed by atoms with Crippen molar-refractivity contribution in [2.75, 3.05) is 5.75 Å². The van der Waals surface area contributed by atoms with Gasteiger partial charge in [-0.1, -0.05) is 31.0 Å². The van der Waals surface area contributed by atoms with Gasteiger partial charge in [0, 0.05) is 15.4 Å². The summed E-state index contributed by atoms with van der Waals surface area (Å²) in [5.74, 6) is -0.467. The zero-order chi connectivity index (χ0) is 13.7. The molecular weight excluding hydrogens is 276 g/mol. The van der Waals surface area contributed by atoms with Crippen LogP contribution in [0.25, 0.3) is 0 Å². The van der Waals surface area contributed by atoms with E-state index in [1.54, 1.807) is 11.8 Å². The van der Waals surface area contributed by atoms with Gasteiger partial charge in [0.25, 0.3) is 0 Å². The lowest BCUT2D eigenvalue weighted by atomic mass is 10.00. The van der Waals surface area contributed by atoms with Gasteiger partial charge < -0.3 is 5.11 Å². The molecule has 2 atom stereocenters. The van der Waals surface area contributed by atoms with Crippen molar-refractivity contribution < 1.29 is 9.90 Å². The van der Waals surface area contributed by atoms with Crippen LogP contribution in [0.1, 0.15) is 31.2 Å². The average Bonchev–Trinajstić information content (AvgIpc) is 2.40. The third kappa shape index (κ3) is 4.46. The minimum atomic E-state index is -0.699. The predicted octanol–water partition coefficient (Wildman–Crippen LogP) is 4.22. The number of carboxylic acid groups (broad SMARTS) is 1. The number of hydrogen-bond donors (Lipinski definition) is 1. The van der Waals surface area contributed by atoms with Crippen LogP contribution in [0.15, 0.2) is 29.2 Å². The third-order valence-electron chi connectivity index (χ3n) is 3.43. The number of rotatable bonds is 5. The quantitative estimate of drug-likeness (QED) is 0.883. The molecule has 2 unspecified atom stereocenters. The van der Waals surface area contributed by atoms with Crippen molar-refractivity contribution in [3.05, 3.63) is 29.8 Å². The van der Waals surface area contributed by atoms with E-state index in [1.165, 1.54) is 29.7 Å². The number of carboxylic acids is 1. The van der Waals surface area contributed by atoms with Crippen molar-refractivity contribution in [2.45, 2.75) is 48.0 Å². The maximum Gasteiger partial charge on any atom is 0.313 e. The van der Waals surface area contributed by atoms with Gasteiger partial charge in [0.2, 0.25) is 0 Å². The normalized spacial score (nSPS) is 23.2. The molecule has 1 fully saturated rings. The van der Waals surface area contributed by atoms with Crippen LogP contribution in [0.5, 0.6) is 0 Å². The van der Waals surface area contributed by atoms with E-state index in [2.05, 4.69) is 31.2 Å². The number of aliphatic carboxylic acids is 1. The zero-order valence-corrected chi connectivity index (χ0v) is 12.8. The van der Waals surface area contributed by atoms with Crippen molar-refractivity contribution in [1.82, 2.24) is 0 Å². The highest BCUT2D eigenvalue weighted by atomic mass is 32.2. The molecule has 1 saturated carbocycles. The molecule has 2 nitrogen and oxygen atoms in total. The Hall–Kier alpha value is -0.610. The molecule has 0 spiro atoms. The number of thioether (sulfide) groups is 2. The van der Waals surface area contributed by atoms with Crippen molar-refractivity contribution in [2.24, 2.45) is 0 Å². The highest BCUT2D eigenvalue weighted by Crippen LogP contribution is 2.40. The Morgan fingerprint density at radius 3 is 2.63 bits per heavy atom. The third-order valence-corrected chi connectivity index (χ3v) is 6.59. The second-order valence-electron chi connectivity index (χ2n) is 4.95. The van der Waals surface area contributed by atoms with Gasteiger partial charge in [-0.3, -0.25) is 4.79 Å². The van der Waals surface area contributed by atoms with Gasteiger partial charge in [-0.15, -0.1) is 23.5 Å². The van der Waals surface area contributed by atoms with Crippen molar-refractivity contribution in [3.63, 3.8) is 0 Å². The van der Waals surface area contributed by atoms with Gasteiger partial charge in [-0.05, 0) is 31.4 Å². The maximum absolute atomic E-state index is 10.7. The largest absolute Gasteiger partial charge is 0.481 e. The van der Waals surface area contributed by atoms with Gasteiger partial charge in [-0.25, -0.2) is 0 Å². The smallest absolute Gasteiger partial charge is 0.313 e. The van der Waals surface area contributed by atoms with Gasteiger partial charge in [-0.2, -0.15) is 0 Å². The summed E-state index contributed by atoms with van der Waals surface area (Å²) in [7, 11) is 0. The molecule has 1 aliphatic rings. The lowest BCUT2D eigenvalue weighted by Gasteiger charge is -2.30. The first-order valence-corrected chi connectivity index (χ1v) is 8.65. The van der Waals surface area contributed by atoms with E-state index in [-0.39, 0.29) is 5.75 Å². The lowest BCUT2D eigenvalue weighted by Crippen LogP contribution is -2.25. The SMILES string of the molecule is Cc1ccccc1SC1CCCCC1SCC(=O)O. The minimum Gasteiger partial charge on any atom is -0.481 e. The Balaban J connectivity index is 1.99. The van der Waals surface area contributed by atoms with Crippen LogP contribution in [-0.2, 0) is 4.79 Å². The van der Waals surface area contributed by atoms with Crippen LogP contribution in [0.4, 0.5) is 0 Å². The fourth-order valence-electron chi connectivity index (χ4n) is 2.42. The topological polar surface area (TPSA) is 37.3 Å². The van der Waals surface area contributed by atoms with Crippen LogP contribution in [-0.4, -0.2) is 27.3 Å². The molecule has 0 heterocycles. The summed E-state index contributed by atoms with van der Waals surface area (Å²) in [6.07, 6.45) is 4.87. The zero-order valence-electron chi connectivity index (χ0n) is 11.2. The molecule has 0 bridgehead atoms. The fraction of sp³-hybridized carbons (Fsp3) is 0.533. The summed E-state index contributed by atoms with van der Waals surface area (Å²) in [5.41, 5.74) is 1.32. The highest BCUT2D eigenvalue weighted by Gasteiger charge is 2.27. The first kappa shape index (κ1) is 14.8. The first-order chi connectivity index (χ1) is 9.16. The maximum atomic E-state index is 10.7. The summed E-state index contributed by atoms with van der Waals surface area (Å²) in [6, 6.07) is 8.46. The molecule has 0 aliphatic heterocycles. The second kappa shape index (κ2) is 7.25. The van der Waals surface area contributed by atoms with E-state index in [1.807, 2.05) is 11.8 Å². The lowest BCUT2D eigenvalue weighted by molar-refractivity contribution is -0.133. The molecular formula is C15H20O2S2. The Labute approximate surface area is 123 Å². The molecule has 0 amide bonds. The molecule has 1 aromatic carbocycles. The van der Waals surface area contributed by atoms with Gasteiger partial charge in [0.05, 0.1) is 5.75 Å². The van der Waals surface area contributed by atoms with Crippen LogP contribution in [0.2, 0.25) is 0 Å². The summed E-state index contributed by atoms with van der Waals surface area (Å²) in [4.78, 5) is 12.1. The van der Waals surface area contributed by atoms with E-state index in [9.17, 15) is 4.79 Å². The van der Waals surface area contributed by atoms with E-state index in [4.69, 9.17) is 5.11 Å². The monoisotopic (exact) mass is 296 g/mol. The van der Waals surface area contributed by atoms with E-state index in [0.29, 0.717) is 10.5 Å². The van der Waals surface area contributed by atoms with Gasteiger partial charge >= 0.3 is 5.97 Å². The molecule has 1 N–H and O–H groups in total. The first-order valence-electron chi connectivity index (χ1n) is 6.72. The van der Waals surface area contributed by atoms with Crippen molar-refractivity contribution in [1.29, 1.82) is 0 Å². The van der Waals surface area contributed by atoms with Gasteiger partial charge in [0.1, 0.15) is 0 Å². The summed E-state index contributed by atoms with van der Waals surface area (Å²) >= 11 is 3.56. The Morgan fingerprint density at radius 2 is 1.95 bits per heavy atom. The molecule has 0 saturated heterocycles. The average molecular weight is 296 g/mol. The Morgan fingerprint density at radius 1 is 1.26 bits per heavy atom. The molecule has 2 rings (SSSR count). The minimum absolute atomic E-state index is 0.232. The van der Waals surface area contributed by atoms with Crippen LogP contribution in [0, 0.1) is 6.92 Å². The Bertz CT molecular complexity index is 434. The summed E-state index contributed by atoms with van der Waals surface area (Å²) in [5, 5.41) is 9.87. The molecule has 19 heavy (non-hydrogen) atoms. The summed E-state index contributed by atoms with van der Waals surface area (Å²) < 4.78 is 0. The van der Waals surface area contributed by atoms with Gasteiger partial charge in [0.15, 0.2) is 0 Å². The van der Waals surface area contributed by atoms with Crippen LogP contribution < -0.4 is 0 Å². The number of hydrogen-bond acceptors (Lipinski definition) is 3. The number of carbonyl (C=O) groups is 1. The van der Waals surface area contributed by atoms with Crippen LogP contribution >= 0.6 is 23.5 Å². The number of aryl methyl sites for hydroxylation is 1. The standard InChI is InChI=1S/C15H20O2S2/c1-11-6-2-3-7-12(11)19-14-9-5-4-8-13(14)18-10-15(16)17/h2-3,6-7,13-14H,4-5,8-10H2,1H3,(H,16,17).